The van der Waals surface area contributed by atoms with Gasteiger partial charge in [-0.15, -0.1) is 11.8 Å². The number of nitrogens with one attached hydrogen (secondary N) is 1. The zero-order chi connectivity index (χ0) is 25.8. The third-order valence-corrected chi connectivity index (χ3v) is 7.79. The molecule has 0 aliphatic carbocycles. The standard InChI is InChI=1S/C24H24N4O6S2/c1-35-12-16-13-36-23-19(26-21(29)18(25)15-5-3-2-4-6-15)22(30)27(23)20(16)24(31)34-11-14-7-9-17(10-8-14)28(32)33/h2-10,18-19,23H,11-13,25H2,1H3,(H,26,29)/t18?,19?,23-/m1/s1. The lowest BCUT2D eigenvalue weighted by Crippen LogP contribution is -2.71. The number of non-ortho nitro benzene ring substituents is 1. The first-order valence-corrected chi connectivity index (χ1v) is 13.4. The predicted octanol–water partition coefficient (Wildman–Crippen LogP) is 2.36. The van der Waals surface area contributed by atoms with E-state index >= 15 is 0 Å². The normalized spacial score (nSPS) is 19.7. The first kappa shape index (κ1) is 25.7. The molecule has 2 aliphatic heterocycles. The van der Waals surface area contributed by atoms with Crippen LogP contribution >= 0.6 is 23.5 Å². The van der Waals surface area contributed by atoms with Gasteiger partial charge in [0.05, 0.1) is 4.92 Å². The van der Waals surface area contributed by atoms with Gasteiger partial charge in [-0.25, -0.2) is 4.79 Å². The van der Waals surface area contributed by atoms with Gasteiger partial charge >= 0.3 is 5.97 Å². The molecule has 3 atom stereocenters. The highest BCUT2D eigenvalue weighted by atomic mass is 32.2. The highest BCUT2D eigenvalue weighted by molar-refractivity contribution is 8.00. The van der Waals surface area contributed by atoms with Gasteiger partial charge in [-0.05, 0) is 35.1 Å². The van der Waals surface area contributed by atoms with Crippen molar-refractivity contribution in [3.8, 4) is 0 Å². The second-order valence-corrected chi connectivity index (χ2v) is 10.1. The maximum Gasteiger partial charge on any atom is 0.355 e. The lowest BCUT2D eigenvalue weighted by atomic mass is 10.0. The lowest BCUT2D eigenvalue weighted by Gasteiger charge is -2.49. The summed E-state index contributed by atoms with van der Waals surface area (Å²) in [6, 6.07) is 12.8. The Morgan fingerprint density at radius 3 is 2.58 bits per heavy atom. The van der Waals surface area contributed by atoms with Crippen LogP contribution in [0.15, 0.2) is 65.9 Å². The van der Waals surface area contributed by atoms with Crippen LogP contribution in [-0.4, -0.2) is 56.8 Å². The smallest absolute Gasteiger partial charge is 0.355 e. The van der Waals surface area contributed by atoms with Crippen molar-refractivity contribution in [3.05, 3.63) is 87.1 Å². The molecule has 188 valence electrons. The van der Waals surface area contributed by atoms with Crippen molar-refractivity contribution in [2.75, 3.05) is 17.8 Å². The number of hydrogen-bond donors (Lipinski definition) is 2. The minimum Gasteiger partial charge on any atom is -0.456 e. The lowest BCUT2D eigenvalue weighted by molar-refractivity contribution is -0.384. The van der Waals surface area contributed by atoms with Crippen LogP contribution in [-0.2, 0) is 25.7 Å². The quantitative estimate of drug-likeness (QED) is 0.217. The van der Waals surface area contributed by atoms with Gasteiger partial charge in [0.25, 0.3) is 11.6 Å². The van der Waals surface area contributed by atoms with E-state index in [0.717, 1.165) is 5.57 Å². The number of carbonyl (C=O) groups is 3. The summed E-state index contributed by atoms with van der Waals surface area (Å²) >= 11 is 2.99. The third-order valence-electron chi connectivity index (χ3n) is 5.82. The van der Waals surface area contributed by atoms with Gasteiger partial charge in [0.2, 0.25) is 5.91 Å². The zero-order valence-electron chi connectivity index (χ0n) is 19.3. The van der Waals surface area contributed by atoms with E-state index < -0.39 is 40.2 Å². The second-order valence-electron chi connectivity index (χ2n) is 8.17. The van der Waals surface area contributed by atoms with Crippen LogP contribution in [0.4, 0.5) is 5.69 Å². The van der Waals surface area contributed by atoms with E-state index in [0.29, 0.717) is 22.6 Å². The average molecular weight is 529 g/mol. The van der Waals surface area contributed by atoms with E-state index in [2.05, 4.69) is 5.32 Å². The van der Waals surface area contributed by atoms with Crippen LogP contribution in [0.5, 0.6) is 0 Å². The second kappa shape index (κ2) is 11.1. The van der Waals surface area contributed by atoms with Gasteiger partial charge in [-0.3, -0.25) is 24.6 Å². The Hall–Kier alpha value is -3.35. The Labute approximate surface area is 215 Å². The topological polar surface area (TPSA) is 145 Å². The summed E-state index contributed by atoms with van der Waals surface area (Å²) in [6.45, 7) is -0.0984. The van der Waals surface area contributed by atoms with Crippen molar-refractivity contribution in [3.63, 3.8) is 0 Å². The average Bonchev–Trinajstić information content (AvgIpc) is 2.90. The number of amides is 2. The van der Waals surface area contributed by atoms with Crippen LogP contribution in [0.25, 0.3) is 0 Å². The molecule has 10 nitrogen and oxygen atoms in total. The Balaban J connectivity index is 1.45. The first-order chi connectivity index (χ1) is 17.3. The molecule has 1 saturated heterocycles. The number of rotatable bonds is 9. The molecule has 12 heteroatoms. The number of benzene rings is 2. The monoisotopic (exact) mass is 528 g/mol. The summed E-state index contributed by atoms with van der Waals surface area (Å²) in [5, 5.41) is 13.1. The van der Waals surface area contributed by atoms with Crippen molar-refractivity contribution in [1.29, 1.82) is 0 Å². The molecule has 4 rings (SSSR count). The number of nitro groups is 1. The SMILES string of the molecule is CSCC1=C(C(=O)OCc2ccc([N+](=O)[O-])cc2)N2C(=O)C(NC(=O)C(N)c3ccccc3)[C@H]2SC1. The number of fused-ring (bicyclic) bond motifs is 1. The fourth-order valence-electron chi connectivity index (χ4n) is 3.94. The first-order valence-electron chi connectivity index (χ1n) is 11.0. The molecular formula is C24H24N4O6S2. The number of β-lactam (4-membered cyclic amide) rings is 1. The summed E-state index contributed by atoms with van der Waals surface area (Å²) in [5.41, 5.74) is 8.19. The summed E-state index contributed by atoms with van der Waals surface area (Å²) in [6.07, 6.45) is 1.90. The molecule has 2 heterocycles. The number of esters is 1. The largest absolute Gasteiger partial charge is 0.456 e. The van der Waals surface area contributed by atoms with Crippen molar-refractivity contribution in [2.24, 2.45) is 5.73 Å². The van der Waals surface area contributed by atoms with Gasteiger partial charge in [-0.2, -0.15) is 11.8 Å². The van der Waals surface area contributed by atoms with Gasteiger partial charge in [0.15, 0.2) is 0 Å². The number of hydrogen-bond acceptors (Lipinski definition) is 9. The minimum absolute atomic E-state index is 0.0616. The molecule has 0 radical (unpaired) electrons. The molecule has 0 spiro atoms. The van der Waals surface area contributed by atoms with Crippen LogP contribution in [0.2, 0.25) is 0 Å². The Morgan fingerprint density at radius 2 is 1.94 bits per heavy atom. The van der Waals surface area contributed by atoms with Gasteiger partial charge < -0.3 is 15.8 Å². The molecule has 36 heavy (non-hydrogen) atoms. The number of thioether (sulfide) groups is 2. The van der Waals surface area contributed by atoms with E-state index in [1.807, 2.05) is 12.3 Å². The van der Waals surface area contributed by atoms with Crippen molar-refractivity contribution >= 4 is 47.0 Å². The van der Waals surface area contributed by atoms with E-state index in [9.17, 15) is 24.5 Å². The van der Waals surface area contributed by atoms with Crippen LogP contribution in [0, 0.1) is 10.1 Å². The fourth-order valence-corrected chi connectivity index (χ4v) is 6.01. The molecule has 0 bridgehead atoms. The minimum atomic E-state index is -0.921. The molecule has 2 aromatic rings. The van der Waals surface area contributed by atoms with E-state index in [4.69, 9.17) is 10.5 Å². The number of nitrogens with zero attached hydrogens (tertiary/aromatic N) is 2. The molecular weight excluding hydrogens is 504 g/mol. The Bertz CT molecular complexity index is 1200. The van der Waals surface area contributed by atoms with E-state index in [1.165, 1.54) is 52.7 Å². The maximum absolute atomic E-state index is 13.1. The number of nitrogens with two attached hydrogens (primary N) is 1. The maximum atomic E-state index is 13.1. The van der Waals surface area contributed by atoms with E-state index in [-0.39, 0.29) is 18.0 Å². The fraction of sp³-hybridized carbons (Fsp3) is 0.292. The van der Waals surface area contributed by atoms with E-state index in [1.54, 1.807) is 24.3 Å². The summed E-state index contributed by atoms with van der Waals surface area (Å²) in [7, 11) is 0. The third kappa shape index (κ3) is 5.25. The van der Waals surface area contributed by atoms with Crippen molar-refractivity contribution < 1.29 is 24.0 Å². The molecule has 1 fully saturated rings. The molecule has 2 amide bonds. The van der Waals surface area contributed by atoms with Crippen LogP contribution in [0.1, 0.15) is 17.2 Å². The highest BCUT2D eigenvalue weighted by Crippen LogP contribution is 2.41. The summed E-state index contributed by atoms with van der Waals surface area (Å²) < 4.78 is 5.47. The number of nitro benzene ring substituents is 1. The Kier molecular flexibility index (Phi) is 7.97. The summed E-state index contributed by atoms with van der Waals surface area (Å²) in [4.78, 5) is 50.6. The molecule has 2 unspecified atom stereocenters. The number of carbonyl (C=O) groups excluding carboxylic acids is 3. The van der Waals surface area contributed by atoms with Crippen molar-refractivity contribution in [1.82, 2.24) is 10.2 Å². The predicted molar refractivity (Wildman–Crippen MR) is 137 cm³/mol. The molecule has 0 aromatic heterocycles. The zero-order valence-corrected chi connectivity index (χ0v) is 20.9. The number of ether oxygens (including phenoxy) is 1. The van der Waals surface area contributed by atoms with Crippen LogP contribution < -0.4 is 11.1 Å². The molecule has 0 saturated carbocycles. The van der Waals surface area contributed by atoms with Crippen LogP contribution in [0.3, 0.4) is 0 Å². The van der Waals surface area contributed by atoms with Crippen molar-refractivity contribution in [2.45, 2.75) is 24.1 Å². The highest BCUT2D eigenvalue weighted by Gasteiger charge is 2.54. The van der Waals surface area contributed by atoms with Gasteiger partial charge in [-0.1, -0.05) is 30.3 Å². The van der Waals surface area contributed by atoms with Gasteiger partial charge in [0.1, 0.15) is 29.8 Å². The Morgan fingerprint density at radius 1 is 1.25 bits per heavy atom. The molecule has 2 aromatic carbocycles. The summed E-state index contributed by atoms with van der Waals surface area (Å²) in [5.74, 6) is -0.472. The molecule has 2 aliphatic rings. The molecule has 3 N–H and O–H groups in total. The van der Waals surface area contributed by atoms with Gasteiger partial charge in [0, 0.05) is 23.6 Å².